The maximum atomic E-state index is 13.0. The second-order valence-corrected chi connectivity index (χ2v) is 7.28. The molecule has 28 heavy (non-hydrogen) atoms. The van der Waals surface area contributed by atoms with Crippen molar-refractivity contribution in [3.63, 3.8) is 0 Å². The molecule has 0 spiro atoms. The topological polar surface area (TPSA) is 71.1 Å². The van der Waals surface area contributed by atoms with Gasteiger partial charge in [-0.15, -0.1) is 6.58 Å². The second kappa shape index (κ2) is 8.19. The fourth-order valence-electron chi connectivity index (χ4n) is 4.11. The first kappa shape index (κ1) is 20.1. The standard InChI is InChI=1S/C22H26O6/c1-5-10-22(12-17(25-4)7-9-20(22)24)14(2)21(28-15(3)23)16-6-8-18-19(11-16)27-13-26-18/h5-9,11,14,17,21H,1,10,12-13H2,2-4H3/t14-,17-,21-,22+/m1/s1. The number of carbonyl (C=O) groups excluding carboxylic acids is 2. The van der Waals surface area contributed by atoms with Crippen LogP contribution < -0.4 is 9.47 Å². The highest BCUT2D eigenvalue weighted by atomic mass is 16.7. The monoisotopic (exact) mass is 386 g/mol. The van der Waals surface area contributed by atoms with Gasteiger partial charge < -0.3 is 18.9 Å². The van der Waals surface area contributed by atoms with Gasteiger partial charge in [-0.25, -0.2) is 0 Å². The molecule has 0 saturated carbocycles. The Morgan fingerprint density at radius 2 is 2.14 bits per heavy atom. The van der Waals surface area contributed by atoms with Gasteiger partial charge in [0.25, 0.3) is 0 Å². The fourth-order valence-corrected chi connectivity index (χ4v) is 4.11. The molecule has 1 aliphatic heterocycles. The van der Waals surface area contributed by atoms with Gasteiger partial charge in [-0.2, -0.15) is 0 Å². The molecule has 4 atom stereocenters. The highest BCUT2D eigenvalue weighted by Gasteiger charge is 2.48. The number of esters is 1. The lowest BCUT2D eigenvalue weighted by Gasteiger charge is -2.43. The molecule has 6 nitrogen and oxygen atoms in total. The molecule has 0 saturated heterocycles. The van der Waals surface area contributed by atoms with Crippen molar-refractivity contribution in [3.8, 4) is 11.5 Å². The van der Waals surface area contributed by atoms with Gasteiger partial charge in [-0.3, -0.25) is 9.59 Å². The largest absolute Gasteiger partial charge is 0.457 e. The Bertz CT molecular complexity index is 798. The van der Waals surface area contributed by atoms with Crippen molar-refractivity contribution in [1.82, 2.24) is 0 Å². The zero-order valence-electron chi connectivity index (χ0n) is 16.5. The molecule has 0 fully saturated rings. The van der Waals surface area contributed by atoms with E-state index in [1.807, 2.05) is 19.1 Å². The minimum Gasteiger partial charge on any atom is -0.457 e. The number of methoxy groups -OCH3 is 1. The SMILES string of the molecule is C=CC[C@@]1([C@H](C)[C@@H](OC(C)=O)c2ccc3c(c2)OCO3)C[C@H](OC)C=CC1=O. The summed E-state index contributed by atoms with van der Waals surface area (Å²) in [6.07, 6.45) is 5.23. The van der Waals surface area contributed by atoms with Gasteiger partial charge in [0.15, 0.2) is 17.3 Å². The van der Waals surface area contributed by atoms with Gasteiger partial charge in [-0.1, -0.05) is 25.1 Å². The van der Waals surface area contributed by atoms with E-state index < -0.39 is 17.5 Å². The van der Waals surface area contributed by atoms with Gasteiger partial charge in [0.1, 0.15) is 6.10 Å². The summed E-state index contributed by atoms with van der Waals surface area (Å²) in [5.41, 5.74) is -0.0279. The molecular weight excluding hydrogens is 360 g/mol. The van der Waals surface area contributed by atoms with Crippen LogP contribution in [0.1, 0.15) is 38.4 Å². The highest BCUT2D eigenvalue weighted by Crippen LogP contribution is 2.49. The maximum absolute atomic E-state index is 13.0. The number of carbonyl (C=O) groups is 2. The number of hydrogen-bond donors (Lipinski definition) is 0. The predicted molar refractivity (Wildman–Crippen MR) is 103 cm³/mol. The third-order valence-electron chi connectivity index (χ3n) is 5.67. The van der Waals surface area contributed by atoms with Crippen LogP contribution in [0.15, 0.2) is 43.0 Å². The van der Waals surface area contributed by atoms with E-state index in [1.165, 1.54) is 6.92 Å². The first-order valence-electron chi connectivity index (χ1n) is 9.34. The van der Waals surface area contributed by atoms with Crippen LogP contribution in [0.4, 0.5) is 0 Å². The van der Waals surface area contributed by atoms with Crippen LogP contribution in [0.5, 0.6) is 11.5 Å². The number of rotatable bonds is 7. The lowest BCUT2D eigenvalue weighted by atomic mass is 9.62. The Labute approximate surface area is 165 Å². The molecule has 0 aromatic heterocycles. The molecule has 2 aliphatic rings. The minimum atomic E-state index is -0.784. The average Bonchev–Trinajstić information content (AvgIpc) is 3.15. The normalized spacial score (nSPS) is 25.2. The predicted octanol–water partition coefficient (Wildman–Crippen LogP) is 3.76. The summed E-state index contributed by atoms with van der Waals surface area (Å²) in [7, 11) is 1.62. The summed E-state index contributed by atoms with van der Waals surface area (Å²) in [4.78, 5) is 24.9. The Hall–Kier alpha value is -2.60. The first-order chi connectivity index (χ1) is 13.4. The number of benzene rings is 1. The van der Waals surface area contributed by atoms with Gasteiger partial charge in [0.2, 0.25) is 6.79 Å². The maximum Gasteiger partial charge on any atom is 0.303 e. The molecule has 3 rings (SSSR count). The molecule has 150 valence electrons. The Morgan fingerprint density at radius 3 is 2.82 bits per heavy atom. The summed E-state index contributed by atoms with van der Waals surface area (Å²) >= 11 is 0. The van der Waals surface area contributed by atoms with E-state index in [2.05, 4.69) is 6.58 Å². The van der Waals surface area contributed by atoms with Gasteiger partial charge in [0, 0.05) is 25.4 Å². The van der Waals surface area contributed by atoms with Crippen molar-refractivity contribution >= 4 is 11.8 Å². The number of fused-ring (bicyclic) bond motifs is 1. The van der Waals surface area contributed by atoms with Crippen molar-refractivity contribution in [2.75, 3.05) is 13.9 Å². The zero-order valence-corrected chi connectivity index (χ0v) is 16.5. The lowest BCUT2D eigenvalue weighted by Crippen LogP contribution is -2.45. The van der Waals surface area contributed by atoms with E-state index in [0.29, 0.717) is 24.3 Å². The molecule has 0 amide bonds. The average molecular weight is 386 g/mol. The van der Waals surface area contributed by atoms with Crippen molar-refractivity contribution in [2.45, 2.75) is 38.9 Å². The first-order valence-corrected chi connectivity index (χ1v) is 9.34. The van der Waals surface area contributed by atoms with E-state index in [9.17, 15) is 9.59 Å². The molecule has 1 aromatic rings. The summed E-state index contributed by atoms with van der Waals surface area (Å²) in [5, 5.41) is 0. The van der Waals surface area contributed by atoms with E-state index in [0.717, 1.165) is 5.56 Å². The van der Waals surface area contributed by atoms with Crippen LogP contribution in [-0.2, 0) is 19.1 Å². The number of allylic oxidation sites excluding steroid dienone is 2. The van der Waals surface area contributed by atoms with Gasteiger partial charge in [-0.05, 0) is 36.6 Å². The molecule has 1 heterocycles. The molecule has 0 unspecified atom stereocenters. The van der Waals surface area contributed by atoms with Gasteiger partial charge in [0.05, 0.1) is 6.10 Å². The Kier molecular flexibility index (Phi) is 5.89. The van der Waals surface area contributed by atoms with Crippen molar-refractivity contribution in [2.24, 2.45) is 11.3 Å². The fraction of sp³-hybridized carbons (Fsp3) is 0.455. The Morgan fingerprint density at radius 1 is 1.39 bits per heavy atom. The third-order valence-corrected chi connectivity index (χ3v) is 5.67. The number of ketones is 1. The second-order valence-electron chi connectivity index (χ2n) is 7.28. The minimum absolute atomic E-state index is 0.00825. The molecule has 6 heteroatoms. The van der Waals surface area contributed by atoms with Crippen LogP contribution >= 0.6 is 0 Å². The molecule has 0 bridgehead atoms. The van der Waals surface area contributed by atoms with E-state index in [-0.39, 0.29) is 24.6 Å². The molecule has 0 radical (unpaired) electrons. The summed E-state index contributed by atoms with van der Waals surface area (Å²) in [6, 6.07) is 5.45. The van der Waals surface area contributed by atoms with Crippen LogP contribution in [0.3, 0.4) is 0 Å². The van der Waals surface area contributed by atoms with Crippen molar-refractivity contribution < 1.29 is 28.5 Å². The quantitative estimate of drug-likeness (QED) is 0.525. The smallest absolute Gasteiger partial charge is 0.303 e. The summed E-state index contributed by atoms with van der Waals surface area (Å²) in [5.74, 6) is 0.514. The van der Waals surface area contributed by atoms with E-state index >= 15 is 0 Å². The highest BCUT2D eigenvalue weighted by molar-refractivity contribution is 5.96. The number of ether oxygens (including phenoxy) is 4. The van der Waals surface area contributed by atoms with Crippen LogP contribution in [0.2, 0.25) is 0 Å². The molecule has 1 aliphatic carbocycles. The van der Waals surface area contributed by atoms with Crippen LogP contribution in [-0.4, -0.2) is 31.8 Å². The van der Waals surface area contributed by atoms with Crippen molar-refractivity contribution in [1.29, 1.82) is 0 Å². The lowest BCUT2D eigenvalue weighted by molar-refractivity contribution is -0.156. The summed E-state index contributed by atoms with van der Waals surface area (Å²) < 4.78 is 22.1. The Balaban J connectivity index is 2.02. The molecule has 0 N–H and O–H groups in total. The van der Waals surface area contributed by atoms with Crippen LogP contribution in [0.25, 0.3) is 0 Å². The van der Waals surface area contributed by atoms with Crippen LogP contribution in [0, 0.1) is 11.3 Å². The van der Waals surface area contributed by atoms with Crippen molar-refractivity contribution in [3.05, 3.63) is 48.6 Å². The third kappa shape index (κ3) is 3.69. The number of hydrogen-bond acceptors (Lipinski definition) is 6. The van der Waals surface area contributed by atoms with Gasteiger partial charge >= 0.3 is 5.97 Å². The molecule has 1 aromatic carbocycles. The molecular formula is C22H26O6. The summed E-state index contributed by atoms with van der Waals surface area (Å²) in [6.45, 7) is 7.31. The zero-order chi connectivity index (χ0) is 20.3. The van der Waals surface area contributed by atoms with E-state index in [1.54, 1.807) is 31.4 Å². The van der Waals surface area contributed by atoms with E-state index in [4.69, 9.17) is 18.9 Å².